The van der Waals surface area contributed by atoms with Gasteiger partial charge in [-0.1, -0.05) is 44.2 Å². The van der Waals surface area contributed by atoms with Crippen LogP contribution >= 0.6 is 12.4 Å². The van der Waals surface area contributed by atoms with Crippen LogP contribution in [0.5, 0.6) is 0 Å². The molecule has 1 aromatic carbocycles. The van der Waals surface area contributed by atoms with Gasteiger partial charge in [-0.15, -0.1) is 12.4 Å². The average molecular weight is 362 g/mol. The van der Waals surface area contributed by atoms with Gasteiger partial charge in [0.1, 0.15) is 0 Å². The fourth-order valence-corrected chi connectivity index (χ4v) is 4.79. The van der Waals surface area contributed by atoms with Crippen LogP contribution in [0.15, 0.2) is 30.3 Å². The lowest BCUT2D eigenvalue weighted by atomic mass is 10.2. The first-order valence-electron chi connectivity index (χ1n) is 8.11. The van der Waals surface area contributed by atoms with Gasteiger partial charge >= 0.3 is 0 Å². The Morgan fingerprint density at radius 1 is 1.22 bits per heavy atom. The zero-order chi connectivity index (χ0) is 16.0. The highest BCUT2D eigenvalue weighted by atomic mass is 35.5. The van der Waals surface area contributed by atoms with Crippen molar-refractivity contribution in [1.82, 2.24) is 13.9 Å². The van der Waals surface area contributed by atoms with Crippen LogP contribution in [0.4, 0.5) is 0 Å². The first-order valence-corrected chi connectivity index (χ1v) is 9.50. The molecule has 1 aromatic rings. The molecule has 132 valence electrons. The number of hydrogen-bond acceptors (Lipinski definition) is 3. The fourth-order valence-electron chi connectivity index (χ4n) is 2.88. The molecule has 1 fully saturated rings. The van der Waals surface area contributed by atoms with Crippen LogP contribution in [-0.4, -0.2) is 49.2 Å². The minimum atomic E-state index is -3.43. The summed E-state index contributed by atoms with van der Waals surface area (Å²) in [6, 6.07) is 9.86. The Bertz CT molecular complexity index is 548. The topological polar surface area (TPSA) is 52.7 Å². The molecule has 1 unspecified atom stereocenters. The van der Waals surface area contributed by atoms with Gasteiger partial charge < -0.3 is 5.32 Å². The molecule has 0 bridgehead atoms. The van der Waals surface area contributed by atoms with Crippen molar-refractivity contribution in [2.45, 2.75) is 39.3 Å². The molecule has 0 aliphatic carbocycles. The molecular formula is C16H28ClN3O2S. The van der Waals surface area contributed by atoms with E-state index in [0.717, 1.165) is 31.5 Å². The number of hydrogen-bond donors (Lipinski definition) is 1. The maximum atomic E-state index is 13.1. The minimum absolute atomic E-state index is 0. The van der Waals surface area contributed by atoms with E-state index in [0.29, 0.717) is 19.6 Å². The van der Waals surface area contributed by atoms with Crippen molar-refractivity contribution in [3.05, 3.63) is 35.9 Å². The number of nitrogens with one attached hydrogen (secondary N) is 1. The van der Waals surface area contributed by atoms with Crippen molar-refractivity contribution in [3.63, 3.8) is 0 Å². The average Bonchev–Trinajstić information content (AvgIpc) is 3.04. The van der Waals surface area contributed by atoms with Crippen molar-refractivity contribution < 1.29 is 8.42 Å². The van der Waals surface area contributed by atoms with Gasteiger partial charge in [0.2, 0.25) is 0 Å². The molecule has 1 heterocycles. The van der Waals surface area contributed by atoms with Gasteiger partial charge in [-0.25, -0.2) is 0 Å². The second-order valence-electron chi connectivity index (χ2n) is 5.68. The molecule has 0 radical (unpaired) electrons. The van der Waals surface area contributed by atoms with E-state index in [1.54, 1.807) is 8.61 Å². The molecule has 0 spiro atoms. The van der Waals surface area contributed by atoms with Gasteiger partial charge in [0, 0.05) is 32.2 Å². The molecule has 1 aliphatic rings. The number of nitrogens with zero attached hydrogens (tertiary/aromatic N) is 2. The van der Waals surface area contributed by atoms with Crippen LogP contribution in [0.25, 0.3) is 0 Å². The van der Waals surface area contributed by atoms with E-state index < -0.39 is 10.2 Å². The summed E-state index contributed by atoms with van der Waals surface area (Å²) in [5, 5.41) is 3.27. The Morgan fingerprint density at radius 2 is 1.91 bits per heavy atom. The molecule has 1 atom stereocenters. The lowest BCUT2D eigenvalue weighted by Crippen LogP contribution is -2.49. The molecule has 0 aromatic heterocycles. The van der Waals surface area contributed by atoms with E-state index in [-0.39, 0.29) is 18.4 Å². The zero-order valence-electron chi connectivity index (χ0n) is 13.9. The van der Waals surface area contributed by atoms with E-state index in [2.05, 4.69) is 5.32 Å². The molecule has 1 aliphatic heterocycles. The molecule has 23 heavy (non-hydrogen) atoms. The lowest BCUT2D eigenvalue weighted by Gasteiger charge is -2.32. The summed E-state index contributed by atoms with van der Waals surface area (Å²) >= 11 is 0. The summed E-state index contributed by atoms with van der Waals surface area (Å²) in [7, 11) is -3.43. The highest BCUT2D eigenvalue weighted by Gasteiger charge is 2.35. The molecule has 1 N–H and O–H groups in total. The lowest BCUT2D eigenvalue weighted by molar-refractivity contribution is 0.292. The van der Waals surface area contributed by atoms with Crippen molar-refractivity contribution in [1.29, 1.82) is 0 Å². The zero-order valence-corrected chi connectivity index (χ0v) is 15.6. The van der Waals surface area contributed by atoms with Crippen molar-refractivity contribution in [2.75, 3.05) is 26.2 Å². The van der Waals surface area contributed by atoms with Gasteiger partial charge in [-0.05, 0) is 24.9 Å². The maximum Gasteiger partial charge on any atom is 0.282 e. The first-order chi connectivity index (χ1) is 10.6. The third-order valence-corrected chi connectivity index (χ3v) is 6.18. The Kier molecular flexibility index (Phi) is 8.50. The Morgan fingerprint density at radius 3 is 2.43 bits per heavy atom. The largest absolute Gasteiger partial charge is 0.315 e. The third kappa shape index (κ3) is 5.16. The van der Waals surface area contributed by atoms with E-state index in [1.807, 2.05) is 44.2 Å². The molecule has 0 saturated carbocycles. The van der Waals surface area contributed by atoms with Crippen molar-refractivity contribution in [2.24, 2.45) is 0 Å². The minimum Gasteiger partial charge on any atom is -0.315 e. The van der Waals surface area contributed by atoms with Gasteiger partial charge in [-0.3, -0.25) is 0 Å². The maximum absolute atomic E-state index is 13.1. The van der Waals surface area contributed by atoms with E-state index in [9.17, 15) is 8.42 Å². The third-order valence-electron chi connectivity index (χ3n) is 4.06. The van der Waals surface area contributed by atoms with Gasteiger partial charge in [-0.2, -0.15) is 17.0 Å². The Labute approximate surface area is 146 Å². The van der Waals surface area contributed by atoms with Crippen LogP contribution in [0.3, 0.4) is 0 Å². The molecular weight excluding hydrogens is 334 g/mol. The van der Waals surface area contributed by atoms with Crippen molar-refractivity contribution in [3.8, 4) is 0 Å². The normalized spacial score (nSPS) is 18.3. The predicted molar refractivity (Wildman–Crippen MR) is 97.0 cm³/mol. The smallest absolute Gasteiger partial charge is 0.282 e. The molecule has 2 rings (SSSR count). The van der Waals surface area contributed by atoms with Crippen molar-refractivity contribution >= 4 is 22.6 Å². The molecule has 5 nitrogen and oxygen atoms in total. The SMILES string of the molecule is CCCN(C1CCNC1)S(=O)(=O)N(CC)Cc1ccccc1.Cl. The predicted octanol–water partition coefficient (Wildman–Crippen LogP) is 2.25. The summed E-state index contributed by atoms with van der Waals surface area (Å²) in [5.74, 6) is 0. The summed E-state index contributed by atoms with van der Waals surface area (Å²) < 4.78 is 29.4. The van der Waals surface area contributed by atoms with Gasteiger partial charge in [0.05, 0.1) is 0 Å². The van der Waals surface area contributed by atoms with Gasteiger partial charge in [0.15, 0.2) is 0 Å². The summed E-state index contributed by atoms with van der Waals surface area (Å²) in [4.78, 5) is 0. The highest BCUT2D eigenvalue weighted by molar-refractivity contribution is 7.86. The molecule has 7 heteroatoms. The van der Waals surface area contributed by atoms with Crippen LogP contribution in [0.1, 0.15) is 32.3 Å². The van der Waals surface area contributed by atoms with E-state index >= 15 is 0 Å². The Hall–Kier alpha value is -0.660. The van der Waals surface area contributed by atoms with E-state index in [1.165, 1.54) is 0 Å². The summed E-state index contributed by atoms with van der Waals surface area (Å²) in [5.41, 5.74) is 1.02. The second kappa shape index (κ2) is 9.59. The first kappa shape index (κ1) is 20.4. The summed E-state index contributed by atoms with van der Waals surface area (Å²) in [6.45, 7) is 7.07. The quantitative estimate of drug-likeness (QED) is 0.772. The van der Waals surface area contributed by atoms with Crippen LogP contribution in [0, 0.1) is 0 Å². The summed E-state index contributed by atoms with van der Waals surface area (Å²) in [6.07, 6.45) is 1.72. The number of rotatable bonds is 8. The molecule has 0 amide bonds. The fraction of sp³-hybridized carbons (Fsp3) is 0.625. The second-order valence-corrected chi connectivity index (χ2v) is 7.56. The van der Waals surface area contributed by atoms with Crippen LogP contribution < -0.4 is 5.32 Å². The number of halogens is 1. The standard InChI is InChI=1S/C16H27N3O2S.ClH/c1-3-12-19(16-10-11-17-13-16)22(20,21)18(4-2)14-15-8-6-5-7-9-15;/h5-9,16-17H,3-4,10-14H2,1-2H3;1H. The van der Waals surface area contributed by atoms with Gasteiger partial charge in [0.25, 0.3) is 10.2 Å². The van der Waals surface area contributed by atoms with Crippen LogP contribution in [0.2, 0.25) is 0 Å². The number of benzene rings is 1. The Balaban J connectivity index is 0.00000264. The molecule has 1 saturated heterocycles. The van der Waals surface area contributed by atoms with Crippen LogP contribution in [-0.2, 0) is 16.8 Å². The highest BCUT2D eigenvalue weighted by Crippen LogP contribution is 2.19. The monoisotopic (exact) mass is 361 g/mol. The van der Waals surface area contributed by atoms with E-state index in [4.69, 9.17) is 0 Å².